The second-order valence-corrected chi connectivity index (χ2v) is 4.64. The highest BCUT2D eigenvalue weighted by Crippen LogP contribution is 2.10. The Balaban J connectivity index is 2.76. The van der Waals surface area contributed by atoms with Crippen molar-refractivity contribution in [2.24, 2.45) is 0 Å². The molecule has 0 saturated carbocycles. The van der Waals surface area contributed by atoms with Crippen LogP contribution in [0.1, 0.15) is 57.8 Å². The lowest BCUT2D eigenvalue weighted by molar-refractivity contribution is 0.449. The molecule has 0 radical (unpaired) electrons. The zero-order chi connectivity index (χ0) is 9.78. The van der Waals surface area contributed by atoms with Gasteiger partial charge in [-0.05, 0) is 17.3 Å². The van der Waals surface area contributed by atoms with Gasteiger partial charge in [-0.3, -0.25) is 4.39 Å². The molecule has 0 heterocycles. The van der Waals surface area contributed by atoms with Crippen molar-refractivity contribution in [3.8, 4) is 0 Å². The molecule has 0 N–H and O–H groups in total. The topological polar surface area (TPSA) is 0 Å². The van der Waals surface area contributed by atoms with Crippen LogP contribution in [0.25, 0.3) is 0 Å². The summed E-state index contributed by atoms with van der Waals surface area (Å²) in [5.41, 5.74) is 0. The van der Waals surface area contributed by atoms with Crippen molar-refractivity contribution in [2.45, 2.75) is 57.8 Å². The van der Waals surface area contributed by atoms with Crippen molar-refractivity contribution in [3.63, 3.8) is 0 Å². The molecule has 80 valence electrons. The van der Waals surface area contributed by atoms with Gasteiger partial charge in [0, 0.05) is 0 Å². The molecule has 0 saturated heterocycles. The van der Waals surface area contributed by atoms with Gasteiger partial charge >= 0.3 is 0 Å². The average molecular weight is 300 g/mol. The molecule has 0 unspecified atom stereocenters. The van der Waals surface area contributed by atoms with Crippen LogP contribution in [0, 0.1) is 0 Å². The molecule has 0 nitrogen and oxygen atoms in total. The third kappa shape index (κ3) is 12.7. The summed E-state index contributed by atoms with van der Waals surface area (Å²) >= 11 is 2.44. The van der Waals surface area contributed by atoms with E-state index < -0.39 is 0 Å². The van der Waals surface area contributed by atoms with Crippen LogP contribution in [0.4, 0.5) is 4.39 Å². The SMILES string of the molecule is FCCCCCCCCCCCI. The largest absolute Gasteiger partial charge is 0.251 e. The molecule has 0 fully saturated rings. The number of hydrogen-bond acceptors (Lipinski definition) is 0. The summed E-state index contributed by atoms with van der Waals surface area (Å²) < 4.78 is 13.0. The van der Waals surface area contributed by atoms with E-state index in [4.69, 9.17) is 0 Å². The summed E-state index contributed by atoms with van der Waals surface area (Å²) in [5, 5.41) is 0. The van der Waals surface area contributed by atoms with Crippen LogP contribution in [0.5, 0.6) is 0 Å². The van der Waals surface area contributed by atoms with Gasteiger partial charge in [0.05, 0.1) is 6.67 Å². The predicted molar refractivity (Wildman–Crippen MR) is 66.4 cm³/mol. The van der Waals surface area contributed by atoms with E-state index >= 15 is 0 Å². The molecule has 0 atom stereocenters. The van der Waals surface area contributed by atoms with E-state index in [1.165, 1.54) is 49.4 Å². The van der Waals surface area contributed by atoms with Crippen molar-refractivity contribution in [2.75, 3.05) is 11.1 Å². The van der Waals surface area contributed by atoms with E-state index in [0.717, 1.165) is 12.8 Å². The summed E-state index contributed by atoms with van der Waals surface area (Å²) in [6.45, 7) is -0.129. The van der Waals surface area contributed by atoms with E-state index in [-0.39, 0.29) is 6.67 Å². The van der Waals surface area contributed by atoms with Gasteiger partial charge in [-0.25, -0.2) is 0 Å². The van der Waals surface area contributed by atoms with Gasteiger partial charge in [-0.2, -0.15) is 0 Å². The Labute approximate surface area is 95.8 Å². The fraction of sp³-hybridized carbons (Fsp3) is 1.00. The van der Waals surface area contributed by atoms with E-state index in [2.05, 4.69) is 22.6 Å². The molecule has 0 aromatic heterocycles. The van der Waals surface area contributed by atoms with Gasteiger partial charge in [-0.15, -0.1) is 0 Å². The second-order valence-electron chi connectivity index (χ2n) is 3.56. The van der Waals surface area contributed by atoms with Crippen molar-refractivity contribution in [3.05, 3.63) is 0 Å². The number of hydrogen-bond donors (Lipinski definition) is 0. The molecule has 13 heavy (non-hydrogen) atoms. The van der Waals surface area contributed by atoms with Crippen LogP contribution < -0.4 is 0 Å². The predicted octanol–water partition coefficient (Wildman–Crippen LogP) is 4.90. The summed E-state index contributed by atoms with van der Waals surface area (Å²) in [7, 11) is 0. The average Bonchev–Trinajstić information content (AvgIpc) is 2.16. The van der Waals surface area contributed by atoms with Crippen molar-refractivity contribution >= 4 is 22.6 Å². The van der Waals surface area contributed by atoms with Gasteiger partial charge in [0.2, 0.25) is 0 Å². The summed E-state index contributed by atoms with van der Waals surface area (Å²) in [6.07, 6.45) is 11.3. The summed E-state index contributed by atoms with van der Waals surface area (Å²) in [4.78, 5) is 0. The molecule has 0 aromatic rings. The number of halogens is 2. The van der Waals surface area contributed by atoms with Crippen LogP contribution in [-0.2, 0) is 0 Å². The standard InChI is InChI=1S/C11H22FI/c12-10-8-6-4-2-1-3-5-7-9-11-13/h1-11H2. The molecule has 0 amide bonds. The molecule has 0 spiro atoms. The molecule has 0 bridgehead atoms. The lowest BCUT2D eigenvalue weighted by Gasteiger charge is -2.00. The highest BCUT2D eigenvalue weighted by molar-refractivity contribution is 14.1. The minimum Gasteiger partial charge on any atom is -0.251 e. The third-order valence-corrected chi connectivity index (χ3v) is 3.03. The van der Waals surface area contributed by atoms with E-state index in [0.29, 0.717) is 0 Å². The zero-order valence-electron chi connectivity index (χ0n) is 8.53. The molecule has 2 heteroatoms. The quantitative estimate of drug-likeness (QED) is 0.306. The molecule has 0 aliphatic rings. The third-order valence-electron chi connectivity index (χ3n) is 2.27. The Morgan fingerprint density at radius 1 is 0.615 bits per heavy atom. The fourth-order valence-corrected chi connectivity index (χ4v) is 1.97. The lowest BCUT2D eigenvalue weighted by Crippen LogP contribution is -1.82. The molecule has 0 aliphatic heterocycles. The minimum atomic E-state index is -0.129. The monoisotopic (exact) mass is 300 g/mol. The first-order valence-electron chi connectivity index (χ1n) is 5.53. The maximum Gasteiger partial charge on any atom is 0.0894 e. The van der Waals surface area contributed by atoms with Crippen molar-refractivity contribution < 1.29 is 4.39 Å². The Bertz CT molecular complexity index is 76.2. The first kappa shape index (κ1) is 13.7. The Morgan fingerprint density at radius 3 is 1.38 bits per heavy atom. The molecule has 0 rings (SSSR count). The highest BCUT2D eigenvalue weighted by atomic mass is 127. The first-order chi connectivity index (χ1) is 6.41. The smallest absolute Gasteiger partial charge is 0.0894 e. The molecule has 0 aromatic carbocycles. The lowest BCUT2D eigenvalue weighted by atomic mass is 10.1. The van der Waals surface area contributed by atoms with Gasteiger partial charge < -0.3 is 0 Å². The van der Waals surface area contributed by atoms with Crippen LogP contribution in [-0.4, -0.2) is 11.1 Å². The maximum atomic E-state index is 11.7. The summed E-state index contributed by atoms with van der Waals surface area (Å²) in [6, 6.07) is 0. The Kier molecular flexibility index (Phi) is 13.3. The van der Waals surface area contributed by atoms with Crippen LogP contribution in [0.3, 0.4) is 0 Å². The molecule has 0 aliphatic carbocycles. The van der Waals surface area contributed by atoms with Crippen LogP contribution >= 0.6 is 22.6 Å². The van der Waals surface area contributed by atoms with Crippen LogP contribution in [0.2, 0.25) is 0 Å². The summed E-state index contributed by atoms with van der Waals surface area (Å²) in [5.74, 6) is 0. The van der Waals surface area contributed by atoms with Gasteiger partial charge in [0.15, 0.2) is 0 Å². The van der Waals surface area contributed by atoms with Crippen LogP contribution in [0.15, 0.2) is 0 Å². The van der Waals surface area contributed by atoms with Gasteiger partial charge in [0.1, 0.15) is 0 Å². The van der Waals surface area contributed by atoms with Crippen molar-refractivity contribution in [1.29, 1.82) is 0 Å². The number of alkyl halides is 2. The molecular formula is C11H22FI. The maximum absolute atomic E-state index is 11.7. The van der Waals surface area contributed by atoms with Gasteiger partial charge in [-0.1, -0.05) is 67.5 Å². The highest BCUT2D eigenvalue weighted by Gasteiger charge is 1.91. The van der Waals surface area contributed by atoms with E-state index in [9.17, 15) is 4.39 Å². The zero-order valence-corrected chi connectivity index (χ0v) is 10.7. The normalized spacial score (nSPS) is 10.6. The minimum absolute atomic E-state index is 0.129. The Hall–Kier alpha value is 0.660. The van der Waals surface area contributed by atoms with Crippen molar-refractivity contribution in [1.82, 2.24) is 0 Å². The van der Waals surface area contributed by atoms with Gasteiger partial charge in [0.25, 0.3) is 0 Å². The first-order valence-corrected chi connectivity index (χ1v) is 7.06. The number of rotatable bonds is 10. The Morgan fingerprint density at radius 2 is 1.00 bits per heavy atom. The molecular weight excluding hydrogens is 278 g/mol. The fourth-order valence-electron chi connectivity index (χ4n) is 1.43. The number of unbranched alkanes of at least 4 members (excludes halogenated alkanes) is 8. The van der Waals surface area contributed by atoms with E-state index in [1.807, 2.05) is 0 Å². The second kappa shape index (κ2) is 12.7. The van der Waals surface area contributed by atoms with E-state index in [1.54, 1.807) is 0 Å².